The minimum Gasteiger partial charge on any atom is -0.354 e. The zero-order valence-corrected chi connectivity index (χ0v) is 20.5. The maximum absolute atomic E-state index is 12.8. The number of amides is 2. The molecule has 1 N–H and O–H groups in total. The zero-order chi connectivity index (χ0) is 23.3. The van der Waals surface area contributed by atoms with Gasteiger partial charge in [0.1, 0.15) is 6.04 Å². The van der Waals surface area contributed by atoms with Crippen LogP contribution in [-0.4, -0.2) is 35.8 Å². The van der Waals surface area contributed by atoms with E-state index in [4.69, 9.17) is 0 Å². The second-order valence-electron chi connectivity index (χ2n) is 9.50. The van der Waals surface area contributed by atoms with Gasteiger partial charge in [0, 0.05) is 19.5 Å². The van der Waals surface area contributed by atoms with Crippen molar-refractivity contribution >= 4 is 22.6 Å². The molecule has 0 bridgehead atoms. The molecule has 2 aromatic rings. The molecule has 3 rings (SSSR count). The van der Waals surface area contributed by atoms with Gasteiger partial charge in [-0.15, -0.1) is 0 Å². The number of hydrogen-bond acceptors (Lipinski definition) is 2. The van der Waals surface area contributed by atoms with Gasteiger partial charge in [-0.05, 0) is 42.0 Å². The molecule has 1 aliphatic heterocycles. The monoisotopic (exact) mass is 450 g/mol. The number of carbonyl (C=O) groups is 2. The lowest BCUT2D eigenvalue weighted by Gasteiger charge is -2.24. The van der Waals surface area contributed by atoms with Crippen molar-refractivity contribution in [3.63, 3.8) is 0 Å². The van der Waals surface area contributed by atoms with E-state index in [1.807, 2.05) is 11.0 Å². The molecule has 33 heavy (non-hydrogen) atoms. The highest BCUT2D eigenvalue weighted by atomic mass is 16.2. The summed E-state index contributed by atoms with van der Waals surface area (Å²) in [6.45, 7) is 3.57. The molecule has 4 nitrogen and oxygen atoms in total. The number of hydrogen-bond donors (Lipinski definition) is 1. The molecule has 1 heterocycles. The number of nitrogens with one attached hydrogen (secondary N) is 1. The highest BCUT2D eigenvalue weighted by molar-refractivity contribution is 5.88. The second kappa shape index (κ2) is 14.0. The summed E-state index contributed by atoms with van der Waals surface area (Å²) in [6, 6.07) is 14.4. The molecule has 2 amide bonds. The van der Waals surface area contributed by atoms with E-state index in [0.29, 0.717) is 13.0 Å². The molecule has 2 aromatic carbocycles. The van der Waals surface area contributed by atoms with Crippen molar-refractivity contribution in [3.05, 3.63) is 48.0 Å². The van der Waals surface area contributed by atoms with E-state index in [-0.39, 0.29) is 17.9 Å². The van der Waals surface area contributed by atoms with Gasteiger partial charge in [-0.3, -0.25) is 9.59 Å². The summed E-state index contributed by atoms with van der Waals surface area (Å²) in [7, 11) is 0. The van der Waals surface area contributed by atoms with Crippen LogP contribution in [-0.2, 0) is 16.0 Å². The Morgan fingerprint density at radius 1 is 0.909 bits per heavy atom. The fourth-order valence-electron chi connectivity index (χ4n) is 5.02. The van der Waals surface area contributed by atoms with E-state index in [2.05, 4.69) is 48.6 Å². The predicted octanol–water partition coefficient (Wildman–Crippen LogP) is 6.41. The Bertz CT molecular complexity index is 874. The molecule has 4 heteroatoms. The van der Waals surface area contributed by atoms with Crippen molar-refractivity contribution in [2.24, 2.45) is 0 Å². The van der Waals surface area contributed by atoms with Gasteiger partial charge in [0.15, 0.2) is 0 Å². The van der Waals surface area contributed by atoms with E-state index >= 15 is 0 Å². The van der Waals surface area contributed by atoms with Crippen LogP contribution in [0.2, 0.25) is 0 Å². The third kappa shape index (κ3) is 7.87. The summed E-state index contributed by atoms with van der Waals surface area (Å²) in [5.41, 5.74) is 1.25. The van der Waals surface area contributed by atoms with Gasteiger partial charge in [-0.1, -0.05) is 101 Å². The van der Waals surface area contributed by atoms with E-state index < -0.39 is 0 Å². The van der Waals surface area contributed by atoms with Gasteiger partial charge in [-0.25, -0.2) is 0 Å². The molecule has 0 aromatic heterocycles. The number of nitrogens with zero attached hydrogens (tertiary/aromatic N) is 1. The van der Waals surface area contributed by atoms with E-state index in [9.17, 15) is 9.59 Å². The molecule has 1 aliphatic rings. The van der Waals surface area contributed by atoms with Crippen LogP contribution in [0.1, 0.15) is 89.5 Å². The second-order valence-corrected chi connectivity index (χ2v) is 9.50. The summed E-state index contributed by atoms with van der Waals surface area (Å²) in [5, 5.41) is 5.57. The van der Waals surface area contributed by atoms with Crippen LogP contribution in [0, 0.1) is 0 Å². The van der Waals surface area contributed by atoms with Crippen LogP contribution in [0.4, 0.5) is 0 Å². The molecule has 1 saturated heterocycles. The zero-order valence-electron chi connectivity index (χ0n) is 20.5. The van der Waals surface area contributed by atoms with Crippen molar-refractivity contribution in [2.45, 2.75) is 96.4 Å². The smallest absolute Gasteiger partial charge is 0.242 e. The maximum atomic E-state index is 12.8. The maximum Gasteiger partial charge on any atom is 0.242 e. The standard InChI is InChI=1S/C29H42N2O2/c1-2-3-4-5-6-7-8-9-10-20-28(32)31-23-14-19-27(31)29(33)30-22-21-25-17-13-16-24-15-11-12-18-26(24)25/h11-13,15-18,27H,2-10,14,19-23H2,1H3,(H,30,33)/t27-/m0/s1. The summed E-state index contributed by atoms with van der Waals surface area (Å²) >= 11 is 0. The average molecular weight is 451 g/mol. The minimum atomic E-state index is -0.288. The van der Waals surface area contributed by atoms with E-state index in [0.717, 1.165) is 38.6 Å². The molecular weight excluding hydrogens is 408 g/mol. The molecule has 0 unspecified atom stereocenters. The number of likely N-dealkylation sites (tertiary alicyclic amines) is 1. The van der Waals surface area contributed by atoms with Gasteiger partial charge < -0.3 is 10.2 Å². The van der Waals surface area contributed by atoms with Gasteiger partial charge in [-0.2, -0.15) is 0 Å². The number of carbonyl (C=O) groups excluding carboxylic acids is 2. The molecule has 0 spiro atoms. The highest BCUT2D eigenvalue weighted by Crippen LogP contribution is 2.21. The van der Waals surface area contributed by atoms with Gasteiger partial charge in [0.25, 0.3) is 0 Å². The first-order valence-electron chi connectivity index (χ1n) is 13.2. The quantitative estimate of drug-likeness (QED) is 0.338. The summed E-state index contributed by atoms with van der Waals surface area (Å²) in [5.74, 6) is 0.165. The topological polar surface area (TPSA) is 49.4 Å². The lowest BCUT2D eigenvalue weighted by Crippen LogP contribution is -2.46. The molecule has 0 radical (unpaired) electrons. The largest absolute Gasteiger partial charge is 0.354 e. The average Bonchev–Trinajstić information content (AvgIpc) is 3.33. The first-order chi connectivity index (χ1) is 16.2. The Morgan fingerprint density at radius 3 is 2.39 bits per heavy atom. The molecule has 180 valence electrons. The van der Waals surface area contributed by atoms with Crippen LogP contribution in [0.25, 0.3) is 10.8 Å². The lowest BCUT2D eigenvalue weighted by atomic mass is 10.0. The van der Waals surface area contributed by atoms with Crippen molar-refractivity contribution < 1.29 is 9.59 Å². The van der Waals surface area contributed by atoms with E-state index in [1.165, 1.54) is 61.3 Å². The number of unbranched alkanes of at least 4 members (excludes halogenated alkanes) is 8. The Morgan fingerprint density at radius 2 is 1.61 bits per heavy atom. The third-order valence-electron chi connectivity index (χ3n) is 6.94. The van der Waals surface area contributed by atoms with Crippen LogP contribution in [0.5, 0.6) is 0 Å². The van der Waals surface area contributed by atoms with Crippen LogP contribution >= 0.6 is 0 Å². The van der Waals surface area contributed by atoms with Crippen molar-refractivity contribution in [1.29, 1.82) is 0 Å². The van der Waals surface area contributed by atoms with Gasteiger partial charge in [0.05, 0.1) is 0 Å². The number of fused-ring (bicyclic) bond motifs is 1. The lowest BCUT2D eigenvalue weighted by molar-refractivity contribution is -0.138. The van der Waals surface area contributed by atoms with Gasteiger partial charge in [0.2, 0.25) is 11.8 Å². The molecule has 1 fully saturated rings. The van der Waals surface area contributed by atoms with Crippen LogP contribution in [0.15, 0.2) is 42.5 Å². The normalized spacial score (nSPS) is 15.8. The Balaban J connectivity index is 1.35. The fraction of sp³-hybridized carbons (Fsp3) is 0.586. The highest BCUT2D eigenvalue weighted by Gasteiger charge is 2.33. The first kappa shape index (κ1) is 25.3. The molecule has 0 aliphatic carbocycles. The van der Waals surface area contributed by atoms with E-state index in [1.54, 1.807) is 0 Å². The van der Waals surface area contributed by atoms with Crippen molar-refractivity contribution in [3.8, 4) is 0 Å². The molecule has 0 saturated carbocycles. The van der Waals surface area contributed by atoms with Crippen LogP contribution < -0.4 is 5.32 Å². The van der Waals surface area contributed by atoms with Crippen molar-refractivity contribution in [1.82, 2.24) is 10.2 Å². The Kier molecular flexibility index (Phi) is 10.7. The summed E-state index contributed by atoms with van der Waals surface area (Å²) in [6.07, 6.45) is 14.3. The Hall–Kier alpha value is -2.36. The molecule has 1 atom stereocenters. The Labute approximate surface area is 200 Å². The third-order valence-corrected chi connectivity index (χ3v) is 6.94. The van der Waals surface area contributed by atoms with Gasteiger partial charge >= 0.3 is 0 Å². The molecular formula is C29H42N2O2. The summed E-state index contributed by atoms with van der Waals surface area (Å²) < 4.78 is 0. The number of benzene rings is 2. The number of rotatable bonds is 14. The minimum absolute atomic E-state index is 0.00756. The predicted molar refractivity (Wildman–Crippen MR) is 137 cm³/mol. The SMILES string of the molecule is CCCCCCCCCCCC(=O)N1CCC[C@H]1C(=O)NCCc1cccc2ccccc12. The first-order valence-corrected chi connectivity index (χ1v) is 13.2. The van der Waals surface area contributed by atoms with Crippen molar-refractivity contribution in [2.75, 3.05) is 13.1 Å². The van der Waals surface area contributed by atoms with Crippen LogP contribution in [0.3, 0.4) is 0 Å². The summed E-state index contributed by atoms with van der Waals surface area (Å²) in [4.78, 5) is 27.4. The fourth-order valence-corrected chi connectivity index (χ4v) is 5.02.